The van der Waals surface area contributed by atoms with Crippen molar-refractivity contribution in [1.82, 2.24) is 10.2 Å². The molecule has 2 amide bonds. The first-order chi connectivity index (χ1) is 9.77. The molecule has 1 N–H and O–H groups in total. The lowest BCUT2D eigenvalue weighted by Gasteiger charge is -2.45. The molecule has 0 bridgehead atoms. The van der Waals surface area contributed by atoms with E-state index in [0.717, 1.165) is 4.88 Å². The molecule has 116 valence electrons. The second kappa shape index (κ2) is 5.79. The highest BCUT2D eigenvalue weighted by Crippen LogP contribution is 2.33. The number of nitrogens with zero attached hydrogens (tertiary/aromatic N) is 1. The van der Waals surface area contributed by atoms with Gasteiger partial charge in [0.25, 0.3) is 0 Å². The molecule has 1 aliphatic heterocycles. The molecule has 21 heavy (non-hydrogen) atoms. The van der Waals surface area contributed by atoms with Gasteiger partial charge in [0.1, 0.15) is 12.1 Å². The highest BCUT2D eigenvalue weighted by Gasteiger charge is 2.46. The summed E-state index contributed by atoms with van der Waals surface area (Å²) in [7, 11) is 0. The molecule has 0 aliphatic carbocycles. The van der Waals surface area contributed by atoms with Crippen LogP contribution in [0, 0.1) is 5.41 Å². The summed E-state index contributed by atoms with van der Waals surface area (Å²) in [6, 6.07) is 3.09. The molecule has 0 aromatic carbocycles. The Balaban J connectivity index is 2.38. The molecule has 1 fully saturated rings. The zero-order chi connectivity index (χ0) is 15.8. The van der Waals surface area contributed by atoms with Gasteiger partial charge in [0.15, 0.2) is 0 Å². The Morgan fingerprint density at radius 3 is 2.52 bits per heavy atom. The molecule has 0 saturated carbocycles. The van der Waals surface area contributed by atoms with Gasteiger partial charge in [-0.25, -0.2) is 0 Å². The molecule has 4 nitrogen and oxygen atoms in total. The Morgan fingerprint density at radius 1 is 1.38 bits per heavy atom. The van der Waals surface area contributed by atoms with Crippen LogP contribution in [0.5, 0.6) is 0 Å². The minimum absolute atomic E-state index is 0.0230. The van der Waals surface area contributed by atoms with Crippen LogP contribution in [0.25, 0.3) is 0 Å². The number of carbonyl (C=O) groups excluding carboxylic acids is 2. The van der Waals surface area contributed by atoms with E-state index in [1.165, 1.54) is 0 Å². The summed E-state index contributed by atoms with van der Waals surface area (Å²) in [6.07, 6.45) is 0.629. The summed E-state index contributed by atoms with van der Waals surface area (Å²) in [5.74, 6) is -0.0183. The normalized spacial score (nSPS) is 24.9. The number of rotatable bonds is 3. The minimum atomic E-state index is -0.463. The fraction of sp³-hybridized carbons (Fsp3) is 0.625. The summed E-state index contributed by atoms with van der Waals surface area (Å²) < 4.78 is 0. The van der Waals surface area contributed by atoms with Crippen LogP contribution in [0.15, 0.2) is 17.5 Å². The topological polar surface area (TPSA) is 49.4 Å². The second-order valence-corrected chi connectivity index (χ2v) is 7.65. The van der Waals surface area contributed by atoms with Gasteiger partial charge in [-0.1, -0.05) is 33.8 Å². The van der Waals surface area contributed by atoms with Crippen LogP contribution < -0.4 is 5.32 Å². The van der Waals surface area contributed by atoms with E-state index in [2.05, 4.69) is 5.32 Å². The van der Waals surface area contributed by atoms with Crippen molar-refractivity contribution in [1.29, 1.82) is 0 Å². The first kappa shape index (κ1) is 16.0. The number of nitrogens with one attached hydrogen (secondary N) is 1. The first-order valence-corrected chi connectivity index (χ1v) is 8.31. The van der Waals surface area contributed by atoms with Crippen LogP contribution in [0.4, 0.5) is 0 Å². The lowest BCUT2D eigenvalue weighted by molar-refractivity contribution is -0.155. The number of carbonyl (C=O) groups is 2. The molecule has 1 aromatic rings. The van der Waals surface area contributed by atoms with E-state index < -0.39 is 6.04 Å². The lowest BCUT2D eigenvalue weighted by atomic mass is 9.83. The van der Waals surface area contributed by atoms with Gasteiger partial charge in [0.05, 0.1) is 6.04 Å². The maximum absolute atomic E-state index is 12.9. The van der Waals surface area contributed by atoms with Crippen LogP contribution in [0.2, 0.25) is 0 Å². The Bertz CT molecular complexity index is 519. The van der Waals surface area contributed by atoms with Gasteiger partial charge < -0.3 is 10.2 Å². The van der Waals surface area contributed by atoms with Gasteiger partial charge in [0.2, 0.25) is 11.8 Å². The van der Waals surface area contributed by atoms with Crippen molar-refractivity contribution in [3.8, 4) is 0 Å². The van der Waals surface area contributed by atoms with Crippen LogP contribution in [-0.2, 0) is 9.59 Å². The molecule has 1 aromatic heterocycles. The van der Waals surface area contributed by atoms with Gasteiger partial charge in [-0.05, 0) is 30.2 Å². The third-order valence-electron chi connectivity index (χ3n) is 4.05. The Labute approximate surface area is 130 Å². The van der Waals surface area contributed by atoms with Crippen LogP contribution in [0.3, 0.4) is 0 Å². The van der Waals surface area contributed by atoms with E-state index in [4.69, 9.17) is 0 Å². The maximum Gasteiger partial charge on any atom is 0.246 e. The van der Waals surface area contributed by atoms with E-state index in [-0.39, 0.29) is 29.3 Å². The van der Waals surface area contributed by atoms with E-state index in [1.807, 2.05) is 52.1 Å². The quantitative estimate of drug-likeness (QED) is 0.933. The molecule has 0 radical (unpaired) electrons. The number of hydrogen-bond acceptors (Lipinski definition) is 3. The van der Waals surface area contributed by atoms with Crippen molar-refractivity contribution in [2.75, 3.05) is 0 Å². The molecule has 2 rings (SSSR count). The Morgan fingerprint density at radius 2 is 2.05 bits per heavy atom. The number of piperazine rings is 1. The fourth-order valence-electron chi connectivity index (χ4n) is 2.83. The Kier molecular flexibility index (Phi) is 4.42. The van der Waals surface area contributed by atoms with Gasteiger partial charge >= 0.3 is 0 Å². The smallest absolute Gasteiger partial charge is 0.246 e. The molecule has 1 aliphatic rings. The minimum Gasteiger partial charge on any atom is -0.342 e. The van der Waals surface area contributed by atoms with Crippen molar-refractivity contribution in [2.24, 2.45) is 5.41 Å². The van der Waals surface area contributed by atoms with Crippen molar-refractivity contribution >= 4 is 23.2 Å². The standard InChI is InChI=1S/C16H24N2O2S/c1-6-11-14(19)17-13(16(3,4)5)15(20)18(11)10(2)12-8-7-9-21-12/h7-11,13H,6H2,1-5H3,(H,17,19). The third kappa shape index (κ3) is 2.98. The molecule has 0 spiro atoms. The first-order valence-electron chi connectivity index (χ1n) is 7.43. The zero-order valence-electron chi connectivity index (χ0n) is 13.3. The second-order valence-electron chi connectivity index (χ2n) is 6.67. The molecule has 3 atom stereocenters. The monoisotopic (exact) mass is 308 g/mol. The Hall–Kier alpha value is -1.36. The fourth-order valence-corrected chi connectivity index (χ4v) is 3.61. The van der Waals surface area contributed by atoms with Gasteiger partial charge in [-0.3, -0.25) is 9.59 Å². The van der Waals surface area contributed by atoms with E-state index in [1.54, 1.807) is 16.2 Å². The summed E-state index contributed by atoms with van der Waals surface area (Å²) in [5.41, 5.74) is -0.293. The van der Waals surface area contributed by atoms with Crippen LogP contribution in [-0.4, -0.2) is 28.8 Å². The average Bonchev–Trinajstić information content (AvgIpc) is 2.92. The zero-order valence-corrected chi connectivity index (χ0v) is 14.2. The summed E-state index contributed by atoms with van der Waals surface area (Å²) in [5, 5.41) is 4.91. The molecule has 1 saturated heterocycles. The predicted octanol–water partition coefficient (Wildman–Crippen LogP) is 2.96. The van der Waals surface area contributed by atoms with Gasteiger partial charge in [0, 0.05) is 4.88 Å². The SMILES string of the molecule is CCC1C(=O)NC(C(C)(C)C)C(=O)N1C(C)c1cccs1. The van der Waals surface area contributed by atoms with E-state index in [0.29, 0.717) is 6.42 Å². The summed E-state index contributed by atoms with van der Waals surface area (Å²) >= 11 is 1.62. The highest BCUT2D eigenvalue weighted by atomic mass is 32.1. The molecule has 2 heterocycles. The summed E-state index contributed by atoms with van der Waals surface area (Å²) in [4.78, 5) is 28.2. The van der Waals surface area contributed by atoms with Crippen LogP contribution in [0.1, 0.15) is 52.0 Å². The maximum atomic E-state index is 12.9. The van der Waals surface area contributed by atoms with E-state index in [9.17, 15) is 9.59 Å². The number of hydrogen-bond donors (Lipinski definition) is 1. The molecule has 3 unspecified atom stereocenters. The van der Waals surface area contributed by atoms with Gasteiger partial charge in [-0.15, -0.1) is 11.3 Å². The highest BCUT2D eigenvalue weighted by molar-refractivity contribution is 7.10. The average molecular weight is 308 g/mol. The van der Waals surface area contributed by atoms with Crippen molar-refractivity contribution in [2.45, 2.75) is 59.2 Å². The number of amides is 2. The van der Waals surface area contributed by atoms with E-state index >= 15 is 0 Å². The molecular weight excluding hydrogens is 284 g/mol. The van der Waals surface area contributed by atoms with Crippen molar-refractivity contribution in [3.05, 3.63) is 22.4 Å². The van der Waals surface area contributed by atoms with Crippen LogP contribution >= 0.6 is 11.3 Å². The lowest BCUT2D eigenvalue weighted by Crippen LogP contribution is -2.66. The largest absolute Gasteiger partial charge is 0.342 e. The van der Waals surface area contributed by atoms with Crippen molar-refractivity contribution in [3.63, 3.8) is 0 Å². The number of thiophene rings is 1. The summed E-state index contributed by atoms with van der Waals surface area (Å²) in [6.45, 7) is 9.90. The molecular formula is C16H24N2O2S. The molecule has 5 heteroatoms. The third-order valence-corrected chi connectivity index (χ3v) is 5.09. The van der Waals surface area contributed by atoms with Gasteiger partial charge in [-0.2, -0.15) is 0 Å². The van der Waals surface area contributed by atoms with Crippen molar-refractivity contribution < 1.29 is 9.59 Å². The predicted molar refractivity (Wildman–Crippen MR) is 85.0 cm³/mol.